The van der Waals surface area contributed by atoms with Crippen LogP contribution >= 0.6 is 0 Å². The maximum atomic E-state index is 13.6. The molecule has 33 heavy (non-hydrogen) atoms. The molecule has 2 aliphatic rings. The van der Waals surface area contributed by atoms with Crippen molar-refractivity contribution in [3.05, 3.63) is 24.0 Å². The van der Waals surface area contributed by atoms with Crippen LogP contribution in [-0.2, 0) is 7.05 Å². The molecule has 0 radical (unpaired) electrons. The molecule has 0 unspecified atom stereocenters. The predicted molar refractivity (Wildman–Crippen MR) is 113 cm³/mol. The van der Waals surface area contributed by atoms with Crippen molar-refractivity contribution in [3.63, 3.8) is 0 Å². The minimum absolute atomic E-state index is 0.189. The first-order chi connectivity index (χ1) is 15.8. The van der Waals surface area contributed by atoms with E-state index in [4.69, 9.17) is 4.52 Å². The third kappa shape index (κ3) is 4.33. The Morgan fingerprint density at radius 2 is 1.88 bits per heavy atom. The zero-order valence-corrected chi connectivity index (χ0v) is 18.1. The van der Waals surface area contributed by atoms with Gasteiger partial charge in [-0.15, -0.1) is 0 Å². The van der Waals surface area contributed by atoms with Crippen molar-refractivity contribution in [1.29, 1.82) is 0 Å². The van der Waals surface area contributed by atoms with E-state index < -0.39 is 5.92 Å². The summed E-state index contributed by atoms with van der Waals surface area (Å²) in [7, 11) is 1.75. The van der Waals surface area contributed by atoms with Crippen molar-refractivity contribution in [1.82, 2.24) is 29.9 Å². The van der Waals surface area contributed by atoms with Gasteiger partial charge >= 0.3 is 12.0 Å². The molecule has 2 fully saturated rings. The van der Waals surface area contributed by atoms with E-state index in [1.807, 2.05) is 4.90 Å². The number of aryl methyl sites for hydroxylation is 1. The summed E-state index contributed by atoms with van der Waals surface area (Å²) in [4.78, 5) is 25.0. The van der Waals surface area contributed by atoms with Crippen LogP contribution in [0.15, 0.2) is 22.7 Å². The van der Waals surface area contributed by atoms with Gasteiger partial charge in [0.15, 0.2) is 5.82 Å². The number of alkyl halides is 2. The average Bonchev–Trinajstić information content (AvgIpc) is 3.40. The number of fused-ring (bicyclic) bond motifs is 1. The molecule has 1 N–H and O–H groups in total. The number of amides is 2. The Bertz CT molecular complexity index is 1160. The Labute approximate surface area is 187 Å². The highest BCUT2D eigenvalue weighted by atomic mass is 19.3. The summed E-state index contributed by atoms with van der Waals surface area (Å²) in [6.45, 7) is 1.87. The van der Waals surface area contributed by atoms with Gasteiger partial charge in [0.1, 0.15) is 5.82 Å². The van der Waals surface area contributed by atoms with Crippen molar-refractivity contribution in [2.45, 2.75) is 37.6 Å². The Hall–Kier alpha value is -3.31. The van der Waals surface area contributed by atoms with Gasteiger partial charge in [-0.3, -0.25) is 0 Å². The minimum Gasteiger partial charge on any atom is -0.335 e. The number of carbonyl (C=O) groups is 1. The Balaban J connectivity index is 1.19. The molecule has 3 aromatic rings. The van der Waals surface area contributed by atoms with Crippen LogP contribution in [0.3, 0.4) is 0 Å². The standard InChI is InChI=1S/C21H24F3N7O2/c1-29-16-12-13(22)2-3-15(16)26-18(29)17-27-20(33-28-17)31-10-8-30(9-11-31)19(32)25-14-4-6-21(23,24)7-5-14/h2-3,12,14H,4-11H2,1H3,(H,25,32). The van der Waals surface area contributed by atoms with Crippen molar-refractivity contribution in [2.75, 3.05) is 31.1 Å². The zero-order chi connectivity index (χ0) is 23.2. The fourth-order valence-electron chi connectivity index (χ4n) is 4.35. The first kappa shape index (κ1) is 21.5. The summed E-state index contributed by atoms with van der Waals surface area (Å²) in [5.74, 6) is -2.22. The number of nitrogens with zero attached hydrogens (tertiary/aromatic N) is 6. The van der Waals surface area contributed by atoms with Crippen LogP contribution in [0.1, 0.15) is 25.7 Å². The predicted octanol–water partition coefficient (Wildman–Crippen LogP) is 3.17. The summed E-state index contributed by atoms with van der Waals surface area (Å²) < 4.78 is 47.3. The maximum absolute atomic E-state index is 13.6. The van der Waals surface area contributed by atoms with E-state index >= 15 is 0 Å². The molecule has 3 heterocycles. The number of piperazine rings is 1. The number of hydrogen-bond acceptors (Lipinski definition) is 6. The normalized spacial score (nSPS) is 19.3. The maximum Gasteiger partial charge on any atom is 0.324 e. The Morgan fingerprint density at radius 1 is 1.15 bits per heavy atom. The summed E-state index contributed by atoms with van der Waals surface area (Å²) in [5.41, 5.74) is 1.25. The lowest BCUT2D eigenvalue weighted by Gasteiger charge is -2.35. The molecule has 1 saturated heterocycles. The average molecular weight is 463 g/mol. The third-order valence-corrected chi connectivity index (χ3v) is 6.34. The summed E-state index contributed by atoms with van der Waals surface area (Å²) >= 11 is 0. The molecule has 1 aliphatic heterocycles. The molecule has 1 aromatic carbocycles. The number of imidazole rings is 1. The van der Waals surface area contributed by atoms with Gasteiger partial charge in [-0.1, -0.05) is 5.16 Å². The monoisotopic (exact) mass is 463 g/mol. The summed E-state index contributed by atoms with van der Waals surface area (Å²) in [5, 5.41) is 6.90. The molecule has 9 nitrogen and oxygen atoms in total. The molecule has 1 aliphatic carbocycles. The lowest BCUT2D eigenvalue weighted by molar-refractivity contribution is -0.0398. The Morgan fingerprint density at radius 3 is 2.61 bits per heavy atom. The minimum atomic E-state index is -2.62. The number of benzene rings is 1. The van der Waals surface area contributed by atoms with Gasteiger partial charge in [0.2, 0.25) is 11.7 Å². The van der Waals surface area contributed by atoms with Crippen molar-refractivity contribution >= 4 is 23.1 Å². The van der Waals surface area contributed by atoms with Crippen LogP contribution in [-0.4, -0.2) is 68.8 Å². The van der Waals surface area contributed by atoms with E-state index in [0.717, 1.165) is 0 Å². The first-order valence-electron chi connectivity index (χ1n) is 10.9. The second kappa shape index (κ2) is 8.23. The van der Waals surface area contributed by atoms with Gasteiger partial charge in [0.05, 0.1) is 11.0 Å². The lowest BCUT2D eigenvalue weighted by Crippen LogP contribution is -2.54. The molecule has 1 saturated carbocycles. The number of urea groups is 1. The van der Waals surface area contributed by atoms with Crippen LogP contribution in [0.25, 0.3) is 22.7 Å². The fraction of sp³-hybridized carbons (Fsp3) is 0.524. The molecular weight excluding hydrogens is 439 g/mol. The number of halogens is 3. The molecular formula is C21H24F3N7O2. The number of carbonyl (C=O) groups excluding carboxylic acids is 1. The molecule has 0 atom stereocenters. The summed E-state index contributed by atoms with van der Waals surface area (Å²) in [6, 6.07) is 4.21. The molecule has 0 bridgehead atoms. The first-order valence-corrected chi connectivity index (χ1v) is 10.9. The van der Waals surface area contributed by atoms with Gasteiger partial charge in [-0.05, 0) is 31.0 Å². The number of rotatable bonds is 3. The van der Waals surface area contributed by atoms with Gasteiger partial charge in [0.25, 0.3) is 0 Å². The molecule has 0 spiro atoms. The van der Waals surface area contributed by atoms with E-state index in [1.54, 1.807) is 22.6 Å². The van der Waals surface area contributed by atoms with Crippen LogP contribution in [0.4, 0.5) is 24.0 Å². The van der Waals surface area contributed by atoms with E-state index in [1.165, 1.54) is 12.1 Å². The van der Waals surface area contributed by atoms with Gasteiger partial charge in [0, 0.05) is 52.1 Å². The third-order valence-electron chi connectivity index (χ3n) is 6.34. The SMILES string of the molecule is Cn1c(-c2noc(N3CCN(C(=O)NC4CCC(F)(F)CC4)CC3)n2)nc2ccc(F)cc21. The molecule has 176 valence electrons. The highest BCUT2D eigenvalue weighted by molar-refractivity contribution is 5.79. The largest absolute Gasteiger partial charge is 0.335 e. The van der Waals surface area contributed by atoms with Crippen LogP contribution in [0.5, 0.6) is 0 Å². The van der Waals surface area contributed by atoms with Crippen LogP contribution in [0.2, 0.25) is 0 Å². The topological polar surface area (TPSA) is 92.3 Å². The van der Waals surface area contributed by atoms with Crippen LogP contribution in [0, 0.1) is 5.82 Å². The van der Waals surface area contributed by atoms with E-state index in [2.05, 4.69) is 20.4 Å². The van der Waals surface area contributed by atoms with Crippen molar-refractivity contribution < 1.29 is 22.5 Å². The van der Waals surface area contributed by atoms with Crippen LogP contribution < -0.4 is 10.2 Å². The van der Waals surface area contributed by atoms with Gasteiger partial charge in [-0.25, -0.2) is 22.9 Å². The fourth-order valence-corrected chi connectivity index (χ4v) is 4.35. The van der Waals surface area contributed by atoms with Gasteiger partial charge in [-0.2, -0.15) is 4.98 Å². The zero-order valence-electron chi connectivity index (χ0n) is 18.1. The molecule has 2 amide bonds. The molecule has 12 heteroatoms. The number of nitrogens with one attached hydrogen (secondary N) is 1. The van der Waals surface area contributed by atoms with E-state index in [9.17, 15) is 18.0 Å². The smallest absolute Gasteiger partial charge is 0.324 e. The lowest BCUT2D eigenvalue weighted by atomic mass is 9.92. The second-order valence-corrected chi connectivity index (χ2v) is 8.58. The van der Waals surface area contributed by atoms with Gasteiger partial charge < -0.3 is 24.2 Å². The molecule has 5 rings (SSSR count). The van der Waals surface area contributed by atoms with E-state index in [-0.39, 0.29) is 43.6 Å². The summed E-state index contributed by atoms with van der Waals surface area (Å²) in [6.07, 6.45) is 0.202. The molecule has 2 aromatic heterocycles. The van der Waals surface area contributed by atoms with Crippen molar-refractivity contribution in [2.24, 2.45) is 7.05 Å². The Kier molecular flexibility index (Phi) is 5.37. The van der Waals surface area contributed by atoms with Crippen molar-refractivity contribution in [3.8, 4) is 11.6 Å². The number of anilines is 1. The number of hydrogen-bond donors (Lipinski definition) is 1. The number of aromatic nitrogens is 4. The quantitative estimate of drug-likeness (QED) is 0.642. The van der Waals surface area contributed by atoms with E-state index in [0.29, 0.717) is 54.9 Å². The highest BCUT2D eigenvalue weighted by Crippen LogP contribution is 2.33. The second-order valence-electron chi connectivity index (χ2n) is 8.58. The highest BCUT2D eigenvalue weighted by Gasteiger charge is 2.36.